The van der Waals surface area contributed by atoms with E-state index in [0.29, 0.717) is 0 Å². The minimum atomic E-state index is -0.256. The fourth-order valence-electron chi connectivity index (χ4n) is 3.87. The zero-order valence-electron chi connectivity index (χ0n) is 16.0. The largest absolute Gasteiger partial charge is 0.356 e. The van der Waals surface area contributed by atoms with Crippen molar-refractivity contribution in [3.63, 3.8) is 0 Å². The molecular weight excluding hydrogens is 357 g/mol. The van der Waals surface area contributed by atoms with Crippen LogP contribution >= 0.6 is 0 Å². The molecule has 0 spiro atoms. The lowest BCUT2D eigenvalue weighted by Gasteiger charge is -2.22. The van der Waals surface area contributed by atoms with E-state index in [1.807, 2.05) is 4.68 Å². The van der Waals surface area contributed by atoms with Gasteiger partial charge in [0.2, 0.25) is 0 Å². The van der Waals surface area contributed by atoms with E-state index in [-0.39, 0.29) is 18.0 Å². The molecule has 6 nitrogen and oxygen atoms in total. The summed E-state index contributed by atoms with van der Waals surface area (Å²) >= 11 is 0. The van der Waals surface area contributed by atoms with Crippen molar-refractivity contribution in [2.75, 3.05) is 6.61 Å². The van der Waals surface area contributed by atoms with Gasteiger partial charge in [0.25, 0.3) is 0 Å². The van der Waals surface area contributed by atoms with Crippen LogP contribution in [0.15, 0.2) is 36.5 Å². The molecule has 0 aliphatic carbocycles. The topological polar surface area (TPSA) is 57.8 Å². The van der Waals surface area contributed by atoms with Gasteiger partial charge in [-0.05, 0) is 55.5 Å². The number of fused-ring (bicyclic) bond motifs is 2. The SMILES string of the molecule is CC(C)c1cc2nc3c(cnn3C3CCCCO3)nc2n1-c1ccc(F)cc1. The van der Waals surface area contributed by atoms with E-state index in [9.17, 15) is 4.39 Å². The minimum Gasteiger partial charge on any atom is -0.356 e. The molecule has 0 bridgehead atoms. The molecule has 1 aliphatic heterocycles. The molecule has 0 saturated carbocycles. The molecule has 1 atom stereocenters. The molecule has 4 aromatic rings. The fourth-order valence-corrected chi connectivity index (χ4v) is 3.87. The number of ether oxygens (including phenoxy) is 1. The number of benzene rings is 1. The highest BCUT2D eigenvalue weighted by Gasteiger charge is 2.22. The van der Waals surface area contributed by atoms with Crippen LogP contribution in [0.1, 0.15) is 50.9 Å². The molecule has 3 aromatic heterocycles. The molecule has 0 radical (unpaired) electrons. The second kappa shape index (κ2) is 6.67. The highest BCUT2D eigenvalue weighted by molar-refractivity contribution is 5.85. The average molecular weight is 379 g/mol. The summed E-state index contributed by atoms with van der Waals surface area (Å²) in [6, 6.07) is 8.54. The van der Waals surface area contributed by atoms with Crippen LogP contribution in [-0.4, -0.2) is 30.9 Å². The maximum absolute atomic E-state index is 13.4. The summed E-state index contributed by atoms with van der Waals surface area (Å²) in [5, 5.41) is 4.50. The smallest absolute Gasteiger partial charge is 0.180 e. The van der Waals surface area contributed by atoms with Crippen molar-refractivity contribution in [3.8, 4) is 5.69 Å². The van der Waals surface area contributed by atoms with Gasteiger partial charge < -0.3 is 4.74 Å². The molecule has 1 fully saturated rings. The molecular formula is C21H22FN5O. The Labute approximate surface area is 162 Å². The van der Waals surface area contributed by atoms with Gasteiger partial charge in [-0.3, -0.25) is 4.57 Å². The highest BCUT2D eigenvalue weighted by atomic mass is 19.1. The van der Waals surface area contributed by atoms with Crippen LogP contribution in [0.3, 0.4) is 0 Å². The molecule has 5 rings (SSSR count). The molecule has 0 amide bonds. The van der Waals surface area contributed by atoms with E-state index in [4.69, 9.17) is 14.7 Å². The van der Waals surface area contributed by atoms with E-state index in [2.05, 4.69) is 29.6 Å². The monoisotopic (exact) mass is 379 g/mol. The molecule has 7 heteroatoms. The van der Waals surface area contributed by atoms with Gasteiger partial charge in [-0.25, -0.2) is 19.0 Å². The Morgan fingerprint density at radius 3 is 2.57 bits per heavy atom. The number of hydrogen-bond donors (Lipinski definition) is 0. The van der Waals surface area contributed by atoms with Gasteiger partial charge in [-0.2, -0.15) is 5.10 Å². The Balaban J connectivity index is 1.71. The summed E-state index contributed by atoms with van der Waals surface area (Å²) in [6.45, 7) is 5.01. The summed E-state index contributed by atoms with van der Waals surface area (Å²) in [7, 11) is 0. The molecule has 144 valence electrons. The third kappa shape index (κ3) is 2.77. The van der Waals surface area contributed by atoms with Crippen LogP contribution in [0.2, 0.25) is 0 Å². The van der Waals surface area contributed by atoms with Gasteiger partial charge in [-0.1, -0.05) is 13.8 Å². The van der Waals surface area contributed by atoms with E-state index in [1.54, 1.807) is 18.3 Å². The Kier molecular flexibility index (Phi) is 4.12. The number of hydrogen-bond acceptors (Lipinski definition) is 4. The second-order valence-corrected chi connectivity index (χ2v) is 7.59. The molecule has 0 N–H and O–H groups in total. The third-order valence-electron chi connectivity index (χ3n) is 5.29. The van der Waals surface area contributed by atoms with E-state index >= 15 is 0 Å². The number of nitrogens with zero attached hydrogens (tertiary/aromatic N) is 5. The first kappa shape index (κ1) is 17.3. The van der Waals surface area contributed by atoms with Crippen LogP contribution in [0, 0.1) is 5.82 Å². The Morgan fingerprint density at radius 1 is 1.07 bits per heavy atom. The van der Waals surface area contributed by atoms with Crippen molar-refractivity contribution in [2.45, 2.75) is 45.3 Å². The van der Waals surface area contributed by atoms with Crippen molar-refractivity contribution in [1.29, 1.82) is 0 Å². The van der Waals surface area contributed by atoms with Crippen molar-refractivity contribution in [1.82, 2.24) is 24.3 Å². The van der Waals surface area contributed by atoms with E-state index < -0.39 is 0 Å². The number of rotatable bonds is 3. The Bertz CT molecular complexity index is 1140. The summed E-state index contributed by atoms with van der Waals surface area (Å²) < 4.78 is 23.2. The van der Waals surface area contributed by atoms with Crippen molar-refractivity contribution >= 4 is 22.3 Å². The number of aromatic nitrogens is 5. The molecule has 1 aromatic carbocycles. The van der Waals surface area contributed by atoms with Crippen molar-refractivity contribution < 1.29 is 9.13 Å². The van der Waals surface area contributed by atoms with E-state index in [1.165, 1.54) is 12.1 Å². The summed E-state index contributed by atoms with van der Waals surface area (Å²) in [5.74, 6) is 0.0101. The maximum atomic E-state index is 13.4. The standard InChI is InChI=1S/C21H22FN5O/c1-13(2)18-11-16-20(26(18)15-8-6-14(22)7-9-15)25-17-12-23-27(21(17)24-16)19-5-3-4-10-28-19/h6-9,11-13,19H,3-5,10H2,1-2H3. The van der Waals surface area contributed by atoms with Gasteiger partial charge in [0.05, 0.1) is 6.20 Å². The number of halogens is 1. The quantitative estimate of drug-likeness (QED) is 0.516. The van der Waals surface area contributed by atoms with Crippen molar-refractivity contribution in [2.24, 2.45) is 0 Å². The zero-order chi connectivity index (χ0) is 19.3. The van der Waals surface area contributed by atoms with Gasteiger partial charge in [-0.15, -0.1) is 0 Å². The van der Waals surface area contributed by atoms with Crippen LogP contribution < -0.4 is 0 Å². The van der Waals surface area contributed by atoms with Gasteiger partial charge in [0.1, 0.15) is 16.9 Å². The van der Waals surface area contributed by atoms with E-state index in [0.717, 1.165) is 59.6 Å². The van der Waals surface area contributed by atoms with Crippen LogP contribution in [-0.2, 0) is 4.74 Å². The summed E-state index contributed by atoms with van der Waals surface area (Å²) in [4.78, 5) is 9.75. The van der Waals surface area contributed by atoms with Gasteiger partial charge in [0, 0.05) is 18.0 Å². The van der Waals surface area contributed by atoms with Gasteiger partial charge in [0.15, 0.2) is 17.5 Å². The summed E-state index contributed by atoms with van der Waals surface area (Å²) in [5.41, 5.74) is 4.99. The molecule has 1 aliphatic rings. The molecule has 1 unspecified atom stereocenters. The van der Waals surface area contributed by atoms with Crippen molar-refractivity contribution in [3.05, 3.63) is 48.0 Å². The highest BCUT2D eigenvalue weighted by Crippen LogP contribution is 2.30. The first-order chi connectivity index (χ1) is 13.6. The van der Waals surface area contributed by atoms with Crippen LogP contribution in [0.5, 0.6) is 0 Å². The third-order valence-corrected chi connectivity index (χ3v) is 5.29. The Hall–Kier alpha value is -2.80. The average Bonchev–Trinajstić information content (AvgIpc) is 3.28. The maximum Gasteiger partial charge on any atom is 0.180 e. The predicted molar refractivity (Wildman–Crippen MR) is 105 cm³/mol. The second-order valence-electron chi connectivity index (χ2n) is 7.59. The predicted octanol–water partition coefficient (Wildman–Crippen LogP) is 4.73. The van der Waals surface area contributed by atoms with Gasteiger partial charge >= 0.3 is 0 Å². The lowest BCUT2D eigenvalue weighted by molar-refractivity contribution is -0.0369. The lowest BCUT2D eigenvalue weighted by Crippen LogP contribution is -2.19. The summed E-state index contributed by atoms with van der Waals surface area (Å²) in [6.07, 6.45) is 4.81. The normalized spacial score (nSPS) is 17.8. The molecule has 4 heterocycles. The first-order valence-corrected chi connectivity index (χ1v) is 9.76. The first-order valence-electron chi connectivity index (χ1n) is 9.76. The van der Waals surface area contributed by atoms with Crippen LogP contribution in [0.4, 0.5) is 4.39 Å². The Morgan fingerprint density at radius 2 is 1.86 bits per heavy atom. The molecule has 1 saturated heterocycles. The van der Waals surface area contributed by atoms with Crippen LogP contribution in [0.25, 0.3) is 28.0 Å². The lowest BCUT2D eigenvalue weighted by atomic mass is 10.1. The fraction of sp³-hybridized carbons (Fsp3) is 0.381. The minimum absolute atomic E-state index is 0.0817. The molecule has 28 heavy (non-hydrogen) atoms. The zero-order valence-corrected chi connectivity index (χ0v) is 16.0.